The molecule has 3 atom stereocenters. The minimum atomic E-state index is -0.757. The van der Waals surface area contributed by atoms with Crippen molar-refractivity contribution in [2.75, 3.05) is 0 Å². The molecule has 1 aliphatic rings. The summed E-state index contributed by atoms with van der Waals surface area (Å²) < 4.78 is 0. The predicted octanol–water partition coefficient (Wildman–Crippen LogP) is 2.92. The number of H-pyrrole nitrogens is 1. The molecule has 21 heavy (non-hydrogen) atoms. The quantitative estimate of drug-likeness (QED) is 0.802. The van der Waals surface area contributed by atoms with Gasteiger partial charge in [0, 0.05) is 12.2 Å². The van der Waals surface area contributed by atoms with Crippen molar-refractivity contribution in [2.45, 2.75) is 39.7 Å². The van der Waals surface area contributed by atoms with Gasteiger partial charge in [-0.1, -0.05) is 32.4 Å². The number of aromatic nitrogens is 1. The minimum absolute atomic E-state index is 0.0369. The number of hydrogen-bond acceptors (Lipinski definition) is 2. The monoisotopic (exact) mass is 312 g/mol. The highest BCUT2D eigenvalue weighted by Crippen LogP contribution is 2.45. The molecule has 5 nitrogen and oxygen atoms in total. The number of carbonyl (C=O) groups is 2. The summed E-state index contributed by atoms with van der Waals surface area (Å²) in [6.45, 7) is 5.92. The number of halogens is 1. The largest absolute Gasteiger partial charge is 0.481 e. The van der Waals surface area contributed by atoms with E-state index in [9.17, 15) is 14.7 Å². The van der Waals surface area contributed by atoms with Crippen molar-refractivity contribution in [3.05, 3.63) is 23.0 Å². The van der Waals surface area contributed by atoms with Gasteiger partial charge in [-0.25, -0.2) is 0 Å². The number of carboxylic acids is 1. The molecule has 0 radical (unpaired) electrons. The first kappa shape index (κ1) is 15.9. The lowest BCUT2D eigenvalue weighted by Crippen LogP contribution is -2.52. The van der Waals surface area contributed by atoms with Crippen LogP contribution in [0.2, 0.25) is 5.02 Å². The Kier molecular flexibility index (Phi) is 4.33. The number of carboxylic acid groups (broad SMARTS) is 1. The number of aromatic amines is 1. The van der Waals surface area contributed by atoms with Crippen LogP contribution in [0.4, 0.5) is 0 Å². The Labute approximate surface area is 129 Å². The normalized spacial score (nSPS) is 28.1. The Balaban J connectivity index is 2.09. The average Bonchev–Trinajstić information content (AvgIpc) is 2.81. The highest BCUT2D eigenvalue weighted by molar-refractivity contribution is 6.30. The van der Waals surface area contributed by atoms with Crippen LogP contribution in [0.1, 0.15) is 44.1 Å². The number of carbonyl (C=O) groups excluding carboxylic acids is 1. The van der Waals surface area contributed by atoms with Crippen molar-refractivity contribution in [3.63, 3.8) is 0 Å². The van der Waals surface area contributed by atoms with Crippen LogP contribution >= 0.6 is 11.6 Å². The van der Waals surface area contributed by atoms with Crippen molar-refractivity contribution < 1.29 is 14.7 Å². The molecule has 3 N–H and O–H groups in total. The molecule has 1 aliphatic carbocycles. The van der Waals surface area contributed by atoms with Crippen molar-refractivity contribution in [2.24, 2.45) is 17.3 Å². The molecule has 0 spiro atoms. The number of amides is 1. The summed E-state index contributed by atoms with van der Waals surface area (Å²) >= 11 is 5.80. The Morgan fingerprint density at radius 2 is 2.10 bits per heavy atom. The lowest BCUT2D eigenvalue weighted by atomic mass is 9.61. The van der Waals surface area contributed by atoms with Gasteiger partial charge in [-0.05, 0) is 30.2 Å². The van der Waals surface area contributed by atoms with E-state index in [2.05, 4.69) is 10.3 Å². The van der Waals surface area contributed by atoms with Crippen molar-refractivity contribution >= 4 is 23.5 Å². The van der Waals surface area contributed by atoms with Gasteiger partial charge in [0.05, 0.1) is 10.9 Å². The predicted molar refractivity (Wildman–Crippen MR) is 80.4 cm³/mol. The molecule has 1 fully saturated rings. The molecular weight excluding hydrogens is 292 g/mol. The molecule has 0 saturated heterocycles. The van der Waals surface area contributed by atoms with Gasteiger partial charge >= 0.3 is 5.97 Å². The zero-order valence-electron chi connectivity index (χ0n) is 12.4. The maximum atomic E-state index is 12.2. The van der Waals surface area contributed by atoms with Crippen LogP contribution in [0.25, 0.3) is 0 Å². The Bertz CT molecular complexity index is 553. The first-order chi connectivity index (χ1) is 9.73. The SMILES string of the molecule is CC1C(NC(=O)c2cc(Cl)c[nH]2)CCC(C(=O)O)C1(C)C. The average molecular weight is 313 g/mol. The van der Waals surface area contributed by atoms with Gasteiger partial charge in [0.2, 0.25) is 0 Å². The van der Waals surface area contributed by atoms with Crippen LogP contribution < -0.4 is 5.32 Å². The highest BCUT2D eigenvalue weighted by atomic mass is 35.5. The second-order valence-corrected chi connectivity index (χ2v) is 6.83. The second kappa shape index (κ2) is 5.72. The number of aliphatic carboxylic acids is 1. The molecule has 1 aromatic heterocycles. The smallest absolute Gasteiger partial charge is 0.307 e. The summed E-state index contributed by atoms with van der Waals surface area (Å²) in [4.78, 5) is 26.4. The minimum Gasteiger partial charge on any atom is -0.481 e. The van der Waals surface area contributed by atoms with Crippen molar-refractivity contribution in [1.29, 1.82) is 0 Å². The molecule has 116 valence electrons. The fourth-order valence-corrected chi connectivity index (χ4v) is 3.35. The first-order valence-electron chi connectivity index (χ1n) is 7.11. The summed E-state index contributed by atoms with van der Waals surface area (Å²) in [5, 5.41) is 12.8. The van der Waals surface area contributed by atoms with Crippen LogP contribution in [0, 0.1) is 17.3 Å². The Morgan fingerprint density at radius 1 is 1.43 bits per heavy atom. The number of nitrogens with one attached hydrogen (secondary N) is 2. The van der Waals surface area contributed by atoms with Crippen molar-refractivity contribution in [3.8, 4) is 0 Å². The number of rotatable bonds is 3. The van der Waals surface area contributed by atoms with E-state index in [0.29, 0.717) is 23.6 Å². The fourth-order valence-electron chi connectivity index (χ4n) is 3.19. The van der Waals surface area contributed by atoms with Gasteiger partial charge in [-0.2, -0.15) is 0 Å². The molecule has 1 saturated carbocycles. The van der Waals surface area contributed by atoms with Gasteiger partial charge < -0.3 is 15.4 Å². The molecule has 0 aromatic carbocycles. The topological polar surface area (TPSA) is 82.2 Å². The van der Waals surface area contributed by atoms with E-state index < -0.39 is 5.97 Å². The van der Waals surface area contributed by atoms with Crippen LogP contribution in [0.15, 0.2) is 12.3 Å². The number of hydrogen-bond donors (Lipinski definition) is 3. The fraction of sp³-hybridized carbons (Fsp3) is 0.600. The Hall–Kier alpha value is -1.49. The third-order valence-electron chi connectivity index (χ3n) is 4.95. The summed E-state index contributed by atoms with van der Waals surface area (Å²) in [6.07, 6.45) is 2.80. The van der Waals surface area contributed by atoms with E-state index in [-0.39, 0.29) is 29.2 Å². The zero-order valence-corrected chi connectivity index (χ0v) is 13.2. The summed E-state index contributed by atoms with van der Waals surface area (Å²) in [5.74, 6) is -1.27. The lowest BCUT2D eigenvalue weighted by molar-refractivity contribution is -0.150. The first-order valence-corrected chi connectivity index (χ1v) is 7.49. The molecule has 1 aromatic rings. The molecule has 1 amide bonds. The van der Waals surface area contributed by atoms with Gasteiger partial charge in [0.1, 0.15) is 5.69 Å². The molecule has 3 unspecified atom stereocenters. The van der Waals surface area contributed by atoms with Crippen molar-refractivity contribution in [1.82, 2.24) is 10.3 Å². The Morgan fingerprint density at radius 3 is 2.62 bits per heavy atom. The standard InChI is InChI=1S/C15H21ClN2O3/c1-8-11(5-4-10(14(20)21)15(8,2)3)18-13(19)12-6-9(16)7-17-12/h6-8,10-11,17H,4-5H2,1-3H3,(H,18,19)(H,20,21). The van der Waals surface area contributed by atoms with Crippen LogP contribution in [0.3, 0.4) is 0 Å². The molecular formula is C15H21ClN2O3. The van der Waals surface area contributed by atoms with Gasteiger partial charge in [-0.3, -0.25) is 9.59 Å². The van der Waals surface area contributed by atoms with Crippen LogP contribution in [-0.2, 0) is 4.79 Å². The van der Waals surface area contributed by atoms with Gasteiger partial charge in [0.15, 0.2) is 0 Å². The van der Waals surface area contributed by atoms with E-state index >= 15 is 0 Å². The maximum absolute atomic E-state index is 12.2. The summed E-state index contributed by atoms with van der Waals surface area (Å²) in [7, 11) is 0. The van der Waals surface area contributed by atoms with E-state index in [1.165, 1.54) is 0 Å². The molecule has 6 heteroatoms. The molecule has 1 heterocycles. The van der Waals surface area contributed by atoms with Crippen LogP contribution in [0.5, 0.6) is 0 Å². The van der Waals surface area contributed by atoms with Gasteiger partial charge in [-0.15, -0.1) is 0 Å². The van der Waals surface area contributed by atoms with Crippen LogP contribution in [-0.4, -0.2) is 28.0 Å². The van der Waals surface area contributed by atoms with Gasteiger partial charge in [0.25, 0.3) is 5.91 Å². The van der Waals surface area contributed by atoms with E-state index in [0.717, 1.165) is 0 Å². The lowest BCUT2D eigenvalue weighted by Gasteiger charge is -2.46. The summed E-state index contributed by atoms with van der Waals surface area (Å²) in [6, 6.07) is 1.54. The molecule has 2 rings (SSSR count). The van der Waals surface area contributed by atoms with E-state index in [4.69, 9.17) is 11.6 Å². The summed E-state index contributed by atoms with van der Waals surface area (Å²) in [5.41, 5.74) is 0.0560. The molecule has 0 aliphatic heterocycles. The van der Waals surface area contributed by atoms with E-state index in [1.807, 2.05) is 20.8 Å². The highest BCUT2D eigenvalue weighted by Gasteiger charge is 2.46. The third kappa shape index (κ3) is 3.07. The maximum Gasteiger partial charge on any atom is 0.307 e. The second-order valence-electron chi connectivity index (χ2n) is 6.39. The zero-order chi connectivity index (χ0) is 15.8. The molecule has 0 bridgehead atoms. The van der Waals surface area contributed by atoms with E-state index in [1.54, 1.807) is 12.3 Å². The third-order valence-corrected chi connectivity index (χ3v) is 5.17.